The average molecular weight is 248 g/mol. The number of pyridine rings is 1. The summed E-state index contributed by atoms with van der Waals surface area (Å²) in [4.78, 5) is 4.39. The van der Waals surface area contributed by atoms with Crippen LogP contribution in [0.5, 0.6) is 0 Å². The van der Waals surface area contributed by atoms with Gasteiger partial charge in [0.2, 0.25) is 0 Å². The van der Waals surface area contributed by atoms with E-state index in [4.69, 9.17) is 9.31 Å². The minimum absolute atomic E-state index is 0.304. The molecule has 1 aliphatic rings. The maximum absolute atomic E-state index is 5.97. The summed E-state index contributed by atoms with van der Waals surface area (Å²) in [5.41, 5.74) is 1.37. The van der Waals surface area contributed by atoms with Crippen LogP contribution in [0.25, 0.3) is 0 Å². The van der Waals surface area contributed by atoms with Crippen LogP contribution in [0, 0.1) is 0 Å². The molecule has 1 aliphatic heterocycles. The molecule has 0 unspecified atom stereocenters. The Balaban J connectivity index is 2.14. The van der Waals surface area contributed by atoms with Gasteiger partial charge in [0.15, 0.2) is 0 Å². The van der Waals surface area contributed by atoms with Crippen molar-refractivity contribution in [2.45, 2.75) is 45.4 Å². The lowest BCUT2D eigenvalue weighted by molar-refractivity contribution is 0.00578. The van der Waals surface area contributed by atoms with E-state index in [1.807, 2.05) is 25.4 Å². The largest absolute Gasteiger partial charge is 0.496 e. The van der Waals surface area contributed by atoms with Crippen molar-refractivity contribution in [1.29, 1.82) is 0 Å². The van der Waals surface area contributed by atoms with Crippen molar-refractivity contribution in [3.8, 4) is 0 Å². The third-order valence-electron chi connectivity index (χ3n) is 3.73. The molecule has 5 heteroatoms. The number of aromatic nitrogens is 1. The zero-order chi connectivity index (χ0) is 13.4. The molecular formula is C13H21BN2O2. The summed E-state index contributed by atoms with van der Waals surface area (Å²) in [5, 5.41) is 3.07. The van der Waals surface area contributed by atoms with E-state index < -0.39 is 0 Å². The first-order valence-corrected chi connectivity index (χ1v) is 6.31. The number of nitrogens with zero attached hydrogens (tertiary/aromatic N) is 1. The molecule has 0 spiro atoms. The first kappa shape index (κ1) is 13.5. The van der Waals surface area contributed by atoms with Crippen LogP contribution >= 0.6 is 0 Å². The molecule has 1 N–H and O–H groups in total. The van der Waals surface area contributed by atoms with Gasteiger partial charge in [-0.25, -0.2) is 0 Å². The van der Waals surface area contributed by atoms with Crippen molar-refractivity contribution in [2.24, 2.45) is 0 Å². The third-order valence-corrected chi connectivity index (χ3v) is 3.73. The summed E-state index contributed by atoms with van der Waals surface area (Å²) in [5.74, 6) is 0. The molecule has 98 valence electrons. The molecule has 1 aromatic rings. The number of rotatable bonds is 3. The monoisotopic (exact) mass is 248 g/mol. The van der Waals surface area contributed by atoms with Gasteiger partial charge in [0, 0.05) is 18.2 Å². The van der Waals surface area contributed by atoms with Crippen LogP contribution in [0.2, 0.25) is 0 Å². The lowest BCUT2D eigenvalue weighted by atomic mass is 9.80. The average Bonchev–Trinajstić information content (AvgIpc) is 2.50. The molecule has 4 nitrogen and oxygen atoms in total. The summed E-state index contributed by atoms with van der Waals surface area (Å²) in [6.45, 7) is 8.97. The Labute approximate surface area is 109 Å². The third kappa shape index (κ3) is 2.43. The van der Waals surface area contributed by atoms with Crippen molar-refractivity contribution in [2.75, 3.05) is 7.05 Å². The van der Waals surface area contributed by atoms with Crippen molar-refractivity contribution < 1.29 is 9.31 Å². The quantitative estimate of drug-likeness (QED) is 0.813. The second-order valence-corrected chi connectivity index (χ2v) is 5.70. The van der Waals surface area contributed by atoms with Gasteiger partial charge in [0.25, 0.3) is 0 Å². The normalized spacial score (nSPS) is 21.3. The molecule has 0 aromatic carbocycles. The van der Waals surface area contributed by atoms with Gasteiger partial charge < -0.3 is 14.6 Å². The van der Waals surface area contributed by atoms with E-state index >= 15 is 0 Å². The first-order chi connectivity index (χ1) is 8.36. The topological polar surface area (TPSA) is 43.4 Å². The molecule has 1 fully saturated rings. The van der Waals surface area contributed by atoms with Gasteiger partial charge in [0.05, 0.1) is 16.9 Å². The highest BCUT2D eigenvalue weighted by atomic mass is 16.7. The maximum atomic E-state index is 5.97. The minimum Gasteiger partial charge on any atom is -0.399 e. The van der Waals surface area contributed by atoms with Crippen LogP contribution in [0.15, 0.2) is 18.3 Å². The Bertz CT molecular complexity index is 402. The second kappa shape index (κ2) is 4.65. The highest BCUT2D eigenvalue weighted by molar-refractivity contribution is 6.62. The standard InChI is InChI=1S/C13H21BN2O2/c1-12(2)13(3,4)18-14(17-12)10-6-7-11(9-15-5)16-8-10/h6-8,15H,9H2,1-5H3. The van der Waals surface area contributed by atoms with Crippen molar-refractivity contribution >= 4 is 12.6 Å². The van der Waals surface area contributed by atoms with Crippen molar-refractivity contribution in [3.05, 3.63) is 24.0 Å². The molecule has 18 heavy (non-hydrogen) atoms. The lowest BCUT2D eigenvalue weighted by Crippen LogP contribution is -2.41. The first-order valence-electron chi connectivity index (χ1n) is 6.31. The molecule has 2 rings (SSSR count). The fourth-order valence-electron chi connectivity index (χ4n) is 1.84. The Morgan fingerprint density at radius 1 is 1.17 bits per heavy atom. The molecule has 1 aromatic heterocycles. The zero-order valence-corrected chi connectivity index (χ0v) is 11.8. The molecule has 0 atom stereocenters. The van der Waals surface area contributed by atoms with Crippen molar-refractivity contribution in [1.82, 2.24) is 10.3 Å². The van der Waals surface area contributed by atoms with E-state index in [0.29, 0.717) is 0 Å². The Morgan fingerprint density at radius 3 is 2.22 bits per heavy atom. The summed E-state index contributed by atoms with van der Waals surface area (Å²) in [6.07, 6.45) is 1.83. The summed E-state index contributed by atoms with van der Waals surface area (Å²) in [7, 11) is 1.58. The summed E-state index contributed by atoms with van der Waals surface area (Å²) in [6, 6.07) is 4.01. The van der Waals surface area contributed by atoms with E-state index in [9.17, 15) is 0 Å². The van der Waals surface area contributed by atoms with Gasteiger partial charge in [-0.3, -0.25) is 4.98 Å². The van der Waals surface area contributed by atoms with Gasteiger partial charge >= 0.3 is 7.12 Å². The Hall–Kier alpha value is -0.905. The molecular weight excluding hydrogens is 227 g/mol. The van der Waals surface area contributed by atoms with Crippen molar-refractivity contribution in [3.63, 3.8) is 0 Å². The van der Waals surface area contributed by atoms with Crippen LogP contribution in [0.1, 0.15) is 33.4 Å². The van der Waals surface area contributed by atoms with Crippen LogP contribution in [-0.4, -0.2) is 30.4 Å². The molecule has 2 heterocycles. The molecule has 0 amide bonds. The highest BCUT2D eigenvalue weighted by Crippen LogP contribution is 2.36. The van der Waals surface area contributed by atoms with Crippen LogP contribution in [-0.2, 0) is 15.9 Å². The highest BCUT2D eigenvalue weighted by Gasteiger charge is 2.51. The van der Waals surface area contributed by atoms with E-state index in [1.165, 1.54) is 0 Å². The van der Waals surface area contributed by atoms with E-state index in [1.54, 1.807) is 0 Å². The zero-order valence-electron chi connectivity index (χ0n) is 11.8. The fraction of sp³-hybridized carbons (Fsp3) is 0.615. The van der Waals surface area contributed by atoms with Gasteiger partial charge in [-0.05, 0) is 40.8 Å². The SMILES string of the molecule is CNCc1ccc(B2OC(C)(C)C(C)(C)O2)cn1. The number of hydrogen-bond acceptors (Lipinski definition) is 4. The molecule has 1 saturated heterocycles. The Kier molecular flexibility index (Phi) is 3.49. The van der Waals surface area contributed by atoms with Crippen LogP contribution in [0.4, 0.5) is 0 Å². The van der Waals surface area contributed by atoms with Gasteiger partial charge in [0.1, 0.15) is 0 Å². The van der Waals surface area contributed by atoms with E-state index in [0.717, 1.165) is 17.7 Å². The van der Waals surface area contributed by atoms with E-state index in [2.05, 4.69) is 38.0 Å². The lowest BCUT2D eigenvalue weighted by Gasteiger charge is -2.32. The van der Waals surface area contributed by atoms with Crippen LogP contribution < -0.4 is 10.8 Å². The fourth-order valence-corrected chi connectivity index (χ4v) is 1.84. The van der Waals surface area contributed by atoms with Gasteiger partial charge in [-0.2, -0.15) is 0 Å². The maximum Gasteiger partial charge on any atom is 0.496 e. The molecule has 0 bridgehead atoms. The van der Waals surface area contributed by atoms with Gasteiger partial charge in [-0.1, -0.05) is 6.07 Å². The summed E-state index contributed by atoms with van der Waals surface area (Å²) >= 11 is 0. The van der Waals surface area contributed by atoms with Gasteiger partial charge in [-0.15, -0.1) is 0 Å². The molecule has 0 radical (unpaired) electrons. The number of hydrogen-bond donors (Lipinski definition) is 1. The Morgan fingerprint density at radius 2 is 1.78 bits per heavy atom. The summed E-state index contributed by atoms with van der Waals surface area (Å²) < 4.78 is 11.9. The molecule has 0 aliphatic carbocycles. The predicted molar refractivity (Wildman–Crippen MR) is 72.7 cm³/mol. The smallest absolute Gasteiger partial charge is 0.399 e. The number of nitrogens with one attached hydrogen (secondary N) is 1. The van der Waals surface area contributed by atoms with Crippen LogP contribution in [0.3, 0.4) is 0 Å². The minimum atomic E-state index is -0.328. The second-order valence-electron chi connectivity index (χ2n) is 5.70. The predicted octanol–water partition coefficient (Wildman–Crippen LogP) is 1.10. The van der Waals surface area contributed by atoms with E-state index in [-0.39, 0.29) is 18.3 Å². The molecule has 0 saturated carbocycles.